The summed E-state index contributed by atoms with van der Waals surface area (Å²) in [6.45, 7) is 2.64. The zero-order valence-electron chi connectivity index (χ0n) is 18.7. The quantitative estimate of drug-likeness (QED) is 0.524. The lowest BCUT2D eigenvalue weighted by Crippen LogP contribution is -2.48. The first-order valence-electron chi connectivity index (χ1n) is 10.4. The lowest BCUT2D eigenvalue weighted by Gasteiger charge is -2.30. The van der Waals surface area contributed by atoms with E-state index >= 15 is 0 Å². The predicted molar refractivity (Wildman–Crippen MR) is 119 cm³/mol. The summed E-state index contributed by atoms with van der Waals surface area (Å²) in [5.41, 5.74) is 0.907. The number of rotatable bonds is 12. The Bertz CT molecular complexity index is 838. The Hall–Kier alpha value is -3.22. The molecule has 0 aliphatic heterocycles. The molecule has 0 radical (unpaired) electrons. The van der Waals surface area contributed by atoms with Gasteiger partial charge in [-0.2, -0.15) is 0 Å². The number of hydrogen-bond acceptors (Lipinski definition) is 5. The number of hydrogen-bond donors (Lipinski definition) is 1. The summed E-state index contributed by atoms with van der Waals surface area (Å²) < 4.78 is 16.1. The zero-order valence-corrected chi connectivity index (χ0v) is 18.7. The van der Waals surface area contributed by atoms with Crippen molar-refractivity contribution in [2.24, 2.45) is 0 Å². The van der Waals surface area contributed by atoms with Crippen molar-refractivity contribution < 1.29 is 23.8 Å². The molecule has 2 amide bonds. The lowest BCUT2D eigenvalue weighted by molar-refractivity contribution is -0.141. The van der Waals surface area contributed by atoms with Crippen molar-refractivity contribution >= 4 is 11.8 Å². The Morgan fingerprint density at radius 3 is 2.29 bits per heavy atom. The highest BCUT2D eigenvalue weighted by Crippen LogP contribution is 2.19. The van der Waals surface area contributed by atoms with Gasteiger partial charge in [0.05, 0.1) is 20.8 Å². The van der Waals surface area contributed by atoms with Crippen molar-refractivity contribution in [1.29, 1.82) is 0 Å². The largest absolute Gasteiger partial charge is 0.497 e. The lowest BCUT2D eigenvalue weighted by atomic mass is 10.1. The Balaban J connectivity index is 2.01. The van der Waals surface area contributed by atoms with E-state index in [0.717, 1.165) is 17.1 Å². The minimum atomic E-state index is -0.536. The molecule has 2 aromatic carbocycles. The molecule has 0 bridgehead atoms. The molecular formula is C24H32N2O5. The van der Waals surface area contributed by atoms with Crippen LogP contribution in [0, 0.1) is 0 Å². The zero-order chi connectivity index (χ0) is 22.6. The first-order chi connectivity index (χ1) is 15.0. The van der Waals surface area contributed by atoms with Gasteiger partial charge in [0.2, 0.25) is 11.8 Å². The third-order valence-corrected chi connectivity index (χ3v) is 4.98. The van der Waals surface area contributed by atoms with Crippen LogP contribution in [0.25, 0.3) is 0 Å². The van der Waals surface area contributed by atoms with Gasteiger partial charge in [0.1, 0.15) is 23.3 Å². The van der Waals surface area contributed by atoms with Crippen molar-refractivity contribution in [3.8, 4) is 17.2 Å². The average molecular weight is 429 g/mol. The third kappa shape index (κ3) is 7.20. The van der Waals surface area contributed by atoms with Crippen LogP contribution < -0.4 is 19.5 Å². The summed E-state index contributed by atoms with van der Waals surface area (Å²) in [5.74, 6) is 1.93. The van der Waals surface area contributed by atoms with Crippen LogP contribution in [0.4, 0.5) is 0 Å². The van der Waals surface area contributed by atoms with Crippen LogP contribution in [0.15, 0.2) is 48.5 Å². The molecule has 0 spiro atoms. The molecule has 7 nitrogen and oxygen atoms in total. The van der Waals surface area contributed by atoms with Gasteiger partial charge in [-0.25, -0.2) is 0 Å². The summed E-state index contributed by atoms with van der Waals surface area (Å²) in [6.07, 6.45) is 1.36. The number of carbonyl (C=O) groups excluding carboxylic acids is 2. The van der Waals surface area contributed by atoms with Crippen molar-refractivity contribution in [1.82, 2.24) is 10.2 Å². The minimum Gasteiger partial charge on any atom is -0.497 e. The van der Waals surface area contributed by atoms with Gasteiger partial charge in [-0.05, 0) is 54.8 Å². The normalized spacial score (nSPS) is 11.4. The van der Waals surface area contributed by atoms with Crippen LogP contribution >= 0.6 is 0 Å². The molecule has 0 heterocycles. The van der Waals surface area contributed by atoms with Gasteiger partial charge < -0.3 is 24.4 Å². The van der Waals surface area contributed by atoms with Gasteiger partial charge >= 0.3 is 0 Å². The second kappa shape index (κ2) is 12.5. The molecule has 0 aromatic heterocycles. The number of benzene rings is 2. The Morgan fingerprint density at radius 1 is 1.00 bits per heavy atom. The Labute approximate surface area is 184 Å². The molecule has 2 rings (SSSR count). The number of carbonyl (C=O) groups is 2. The summed E-state index contributed by atoms with van der Waals surface area (Å²) in [6, 6.07) is 14.3. The van der Waals surface area contributed by atoms with Gasteiger partial charge in [-0.3, -0.25) is 9.59 Å². The van der Waals surface area contributed by atoms with E-state index in [4.69, 9.17) is 14.2 Å². The summed E-state index contributed by atoms with van der Waals surface area (Å²) >= 11 is 0. The van der Waals surface area contributed by atoms with Gasteiger partial charge in [-0.1, -0.05) is 19.1 Å². The Morgan fingerprint density at radius 2 is 1.68 bits per heavy atom. The number of ether oxygens (including phenoxy) is 3. The number of methoxy groups -OCH3 is 2. The maximum Gasteiger partial charge on any atom is 0.242 e. The fraction of sp³-hybridized carbons (Fsp3) is 0.417. The monoisotopic (exact) mass is 428 g/mol. The summed E-state index contributed by atoms with van der Waals surface area (Å²) in [7, 11) is 4.80. The van der Waals surface area contributed by atoms with Gasteiger partial charge in [0.25, 0.3) is 0 Å². The molecule has 0 unspecified atom stereocenters. The molecule has 1 atom stereocenters. The highest BCUT2D eigenvalue weighted by Gasteiger charge is 2.27. The van der Waals surface area contributed by atoms with E-state index in [1.54, 1.807) is 26.2 Å². The summed E-state index contributed by atoms with van der Waals surface area (Å²) in [5, 5.41) is 2.67. The smallest absolute Gasteiger partial charge is 0.242 e. The average Bonchev–Trinajstić information content (AvgIpc) is 2.81. The molecule has 0 fully saturated rings. The highest BCUT2D eigenvalue weighted by molar-refractivity contribution is 5.87. The fourth-order valence-electron chi connectivity index (χ4n) is 3.28. The molecule has 0 saturated carbocycles. The molecule has 31 heavy (non-hydrogen) atoms. The maximum atomic E-state index is 13.1. The van der Waals surface area contributed by atoms with E-state index in [9.17, 15) is 9.59 Å². The third-order valence-electron chi connectivity index (χ3n) is 4.98. The molecule has 1 N–H and O–H groups in total. The van der Waals surface area contributed by atoms with Crippen LogP contribution in [-0.2, 0) is 16.1 Å². The molecule has 0 saturated heterocycles. The van der Waals surface area contributed by atoms with Gasteiger partial charge in [0.15, 0.2) is 0 Å². The molecule has 7 heteroatoms. The SMILES string of the molecule is CC[C@H](C(=O)NC)N(Cc1cccc(OC)c1)C(=O)CCCOc1ccc(OC)cc1. The first-order valence-corrected chi connectivity index (χ1v) is 10.4. The molecule has 0 aliphatic rings. The highest BCUT2D eigenvalue weighted by atomic mass is 16.5. The molecule has 2 aromatic rings. The number of likely N-dealkylation sites (N-methyl/N-ethyl adjacent to an activating group) is 1. The van der Waals surface area contributed by atoms with Crippen molar-refractivity contribution in [3.05, 3.63) is 54.1 Å². The van der Waals surface area contributed by atoms with E-state index in [0.29, 0.717) is 31.7 Å². The van der Waals surface area contributed by atoms with Crippen LogP contribution in [0.3, 0.4) is 0 Å². The fourth-order valence-corrected chi connectivity index (χ4v) is 3.28. The number of amides is 2. The summed E-state index contributed by atoms with van der Waals surface area (Å²) in [4.78, 5) is 27.1. The number of nitrogens with one attached hydrogen (secondary N) is 1. The second-order valence-electron chi connectivity index (χ2n) is 7.04. The molecule has 168 valence electrons. The van der Waals surface area contributed by atoms with Crippen molar-refractivity contribution in [2.45, 2.75) is 38.8 Å². The van der Waals surface area contributed by atoms with Gasteiger partial charge in [0, 0.05) is 20.0 Å². The van der Waals surface area contributed by atoms with Crippen LogP contribution in [-0.4, -0.2) is 50.6 Å². The van der Waals surface area contributed by atoms with Crippen molar-refractivity contribution in [3.63, 3.8) is 0 Å². The van der Waals surface area contributed by atoms with Crippen molar-refractivity contribution in [2.75, 3.05) is 27.9 Å². The van der Waals surface area contributed by atoms with Crippen LogP contribution in [0.1, 0.15) is 31.7 Å². The predicted octanol–water partition coefficient (Wildman–Crippen LogP) is 3.42. The topological polar surface area (TPSA) is 77.1 Å². The molecular weight excluding hydrogens is 396 g/mol. The molecule has 0 aliphatic carbocycles. The van der Waals surface area contributed by atoms with Crippen LogP contribution in [0.5, 0.6) is 17.2 Å². The van der Waals surface area contributed by atoms with Crippen LogP contribution in [0.2, 0.25) is 0 Å². The van der Waals surface area contributed by atoms with E-state index in [1.807, 2.05) is 55.5 Å². The second-order valence-corrected chi connectivity index (χ2v) is 7.04. The number of nitrogens with zero attached hydrogens (tertiary/aromatic N) is 1. The Kier molecular flexibility index (Phi) is 9.68. The van der Waals surface area contributed by atoms with E-state index < -0.39 is 6.04 Å². The van der Waals surface area contributed by atoms with Gasteiger partial charge in [-0.15, -0.1) is 0 Å². The minimum absolute atomic E-state index is 0.0865. The maximum absolute atomic E-state index is 13.1. The van der Waals surface area contributed by atoms with E-state index in [-0.39, 0.29) is 18.2 Å². The first kappa shape index (κ1) is 24.1. The standard InChI is InChI=1S/C24H32N2O5/c1-5-22(24(28)25-2)26(17-18-8-6-9-21(16-18)30-4)23(27)10-7-15-31-20-13-11-19(29-3)12-14-20/h6,8-9,11-14,16,22H,5,7,10,15,17H2,1-4H3,(H,25,28)/t22-/m1/s1. The van der Waals surface area contributed by atoms with E-state index in [1.165, 1.54) is 0 Å². The van der Waals surface area contributed by atoms with E-state index in [2.05, 4.69) is 5.32 Å².